The molecule has 2 heterocycles. The van der Waals surface area contributed by atoms with Crippen LogP contribution in [0.1, 0.15) is 12.0 Å². The summed E-state index contributed by atoms with van der Waals surface area (Å²) in [7, 11) is 0. The van der Waals surface area contributed by atoms with Crippen LogP contribution in [0.4, 0.5) is 5.69 Å². The predicted octanol–water partition coefficient (Wildman–Crippen LogP) is 2.64. The van der Waals surface area contributed by atoms with E-state index in [1.807, 2.05) is 18.2 Å². The molecule has 114 valence electrons. The topological polar surface area (TPSA) is 68.5 Å². The van der Waals surface area contributed by atoms with E-state index in [0.717, 1.165) is 30.8 Å². The fraction of sp³-hybridized carbons (Fsp3) is 0.312. The van der Waals surface area contributed by atoms with Gasteiger partial charge in [0.2, 0.25) is 0 Å². The lowest BCUT2D eigenvalue weighted by Gasteiger charge is -2.16. The van der Waals surface area contributed by atoms with E-state index in [0.29, 0.717) is 6.54 Å². The minimum atomic E-state index is -0.358. The minimum absolute atomic E-state index is 0.140. The minimum Gasteiger partial charge on any atom is -0.489 e. The van der Waals surface area contributed by atoms with Gasteiger partial charge in [-0.3, -0.25) is 20.0 Å². The summed E-state index contributed by atoms with van der Waals surface area (Å²) in [6.45, 7) is 2.46. The highest BCUT2D eigenvalue weighted by Gasteiger charge is 2.24. The number of likely N-dealkylation sites (tertiary alicyclic amines) is 1. The van der Waals surface area contributed by atoms with Crippen molar-refractivity contribution in [2.75, 3.05) is 13.1 Å². The number of rotatable bonds is 5. The smallest absolute Gasteiger partial charge is 0.269 e. The molecular weight excluding hydrogens is 282 g/mol. The van der Waals surface area contributed by atoms with Crippen LogP contribution < -0.4 is 4.74 Å². The molecule has 22 heavy (non-hydrogen) atoms. The Balaban J connectivity index is 1.57. The molecule has 0 saturated carbocycles. The Morgan fingerprint density at radius 1 is 1.32 bits per heavy atom. The van der Waals surface area contributed by atoms with Gasteiger partial charge in [0.15, 0.2) is 0 Å². The number of hydrogen-bond acceptors (Lipinski definition) is 5. The molecule has 2 aromatic rings. The van der Waals surface area contributed by atoms with Crippen molar-refractivity contribution in [2.24, 2.45) is 0 Å². The van der Waals surface area contributed by atoms with Gasteiger partial charge in [-0.15, -0.1) is 0 Å². The van der Waals surface area contributed by atoms with E-state index in [1.165, 1.54) is 6.07 Å². The number of hydrogen-bond donors (Lipinski definition) is 0. The van der Waals surface area contributed by atoms with Crippen LogP contribution in [-0.4, -0.2) is 34.0 Å². The lowest BCUT2D eigenvalue weighted by atomic mass is 10.2. The standard InChI is InChI=1S/C16H17N3O3/c20-19(21)14-3-1-2-13(10-14)11-18-9-6-16(12-18)22-15-4-7-17-8-5-15/h1-5,7-8,10,16H,6,9,11-12H2. The lowest BCUT2D eigenvalue weighted by molar-refractivity contribution is -0.384. The van der Waals surface area contributed by atoms with E-state index >= 15 is 0 Å². The highest BCUT2D eigenvalue weighted by atomic mass is 16.6. The maximum absolute atomic E-state index is 10.8. The van der Waals surface area contributed by atoms with E-state index in [-0.39, 0.29) is 16.7 Å². The Morgan fingerprint density at radius 3 is 2.91 bits per heavy atom. The number of aromatic nitrogens is 1. The van der Waals surface area contributed by atoms with Crippen LogP contribution in [0.3, 0.4) is 0 Å². The highest BCUT2D eigenvalue weighted by molar-refractivity contribution is 5.34. The van der Waals surface area contributed by atoms with Crippen LogP contribution in [0.25, 0.3) is 0 Å². The summed E-state index contributed by atoms with van der Waals surface area (Å²) in [5, 5.41) is 10.8. The summed E-state index contributed by atoms with van der Waals surface area (Å²) in [6.07, 6.45) is 4.54. The van der Waals surface area contributed by atoms with Crippen molar-refractivity contribution < 1.29 is 9.66 Å². The third-order valence-corrected chi connectivity index (χ3v) is 3.71. The maximum Gasteiger partial charge on any atom is 0.269 e. The summed E-state index contributed by atoms with van der Waals surface area (Å²) >= 11 is 0. The second-order valence-electron chi connectivity index (χ2n) is 5.37. The summed E-state index contributed by atoms with van der Waals surface area (Å²) in [4.78, 5) is 16.7. The Bertz CT molecular complexity index is 648. The molecule has 0 bridgehead atoms. The van der Waals surface area contributed by atoms with Gasteiger partial charge in [0.05, 0.1) is 4.92 Å². The number of nitro groups is 1. The quantitative estimate of drug-likeness (QED) is 0.627. The Kier molecular flexibility index (Phi) is 4.29. The van der Waals surface area contributed by atoms with E-state index in [4.69, 9.17) is 4.74 Å². The molecule has 1 aromatic heterocycles. The van der Waals surface area contributed by atoms with Gasteiger partial charge in [-0.2, -0.15) is 0 Å². The Morgan fingerprint density at radius 2 is 2.14 bits per heavy atom. The van der Waals surface area contributed by atoms with Gasteiger partial charge in [-0.25, -0.2) is 0 Å². The normalized spacial score (nSPS) is 18.3. The van der Waals surface area contributed by atoms with E-state index in [1.54, 1.807) is 24.5 Å². The fourth-order valence-corrected chi connectivity index (χ4v) is 2.67. The molecule has 0 spiro atoms. The molecule has 0 aliphatic carbocycles. The van der Waals surface area contributed by atoms with Crippen LogP contribution >= 0.6 is 0 Å². The first kappa shape index (κ1) is 14.5. The van der Waals surface area contributed by atoms with Crippen LogP contribution in [0.5, 0.6) is 5.75 Å². The second kappa shape index (κ2) is 6.53. The largest absolute Gasteiger partial charge is 0.489 e. The Labute approximate surface area is 128 Å². The Hall–Kier alpha value is -2.47. The van der Waals surface area contributed by atoms with Gasteiger partial charge in [0, 0.05) is 44.2 Å². The van der Waals surface area contributed by atoms with Gasteiger partial charge in [-0.05, 0) is 24.1 Å². The number of nitro benzene ring substituents is 1. The SMILES string of the molecule is O=[N+]([O-])c1cccc(CN2CCC(Oc3ccncc3)C2)c1. The molecule has 6 heteroatoms. The van der Waals surface area contributed by atoms with Crippen LogP contribution in [0.15, 0.2) is 48.8 Å². The molecule has 0 amide bonds. The van der Waals surface area contributed by atoms with E-state index < -0.39 is 0 Å². The molecule has 1 unspecified atom stereocenters. The molecule has 1 saturated heterocycles. The van der Waals surface area contributed by atoms with Gasteiger partial charge in [-0.1, -0.05) is 12.1 Å². The molecule has 0 N–H and O–H groups in total. The molecular formula is C16H17N3O3. The average molecular weight is 299 g/mol. The summed E-state index contributed by atoms with van der Waals surface area (Å²) in [5.74, 6) is 0.831. The van der Waals surface area contributed by atoms with Gasteiger partial charge < -0.3 is 4.74 Å². The number of benzene rings is 1. The van der Waals surface area contributed by atoms with Crippen molar-refractivity contribution >= 4 is 5.69 Å². The zero-order chi connectivity index (χ0) is 15.4. The third-order valence-electron chi connectivity index (χ3n) is 3.71. The van der Waals surface area contributed by atoms with Crippen LogP contribution in [-0.2, 0) is 6.54 Å². The number of non-ortho nitro benzene ring substituents is 1. The first-order valence-corrected chi connectivity index (χ1v) is 7.23. The summed E-state index contributed by atoms with van der Waals surface area (Å²) in [5.41, 5.74) is 1.10. The van der Waals surface area contributed by atoms with Crippen molar-refractivity contribution in [3.05, 3.63) is 64.5 Å². The van der Waals surface area contributed by atoms with Crippen LogP contribution in [0.2, 0.25) is 0 Å². The molecule has 0 radical (unpaired) electrons. The summed E-state index contributed by atoms with van der Waals surface area (Å²) < 4.78 is 5.92. The monoisotopic (exact) mass is 299 g/mol. The van der Waals surface area contributed by atoms with Gasteiger partial charge in [0.25, 0.3) is 5.69 Å². The van der Waals surface area contributed by atoms with E-state index in [2.05, 4.69) is 9.88 Å². The summed E-state index contributed by atoms with van der Waals surface area (Å²) in [6, 6.07) is 10.5. The van der Waals surface area contributed by atoms with Gasteiger partial charge in [0.1, 0.15) is 11.9 Å². The molecule has 1 aromatic carbocycles. The average Bonchev–Trinajstić information content (AvgIpc) is 2.95. The number of ether oxygens (including phenoxy) is 1. The molecule has 1 fully saturated rings. The van der Waals surface area contributed by atoms with Gasteiger partial charge >= 0.3 is 0 Å². The first-order valence-electron chi connectivity index (χ1n) is 7.23. The van der Waals surface area contributed by atoms with Crippen LogP contribution in [0, 0.1) is 10.1 Å². The zero-order valence-electron chi connectivity index (χ0n) is 12.1. The predicted molar refractivity (Wildman–Crippen MR) is 81.6 cm³/mol. The van der Waals surface area contributed by atoms with Crippen molar-refractivity contribution in [3.8, 4) is 5.75 Å². The number of pyridine rings is 1. The molecule has 6 nitrogen and oxygen atoms in total. The lowest BCUT2D eigenvalue weighted by Crippen LogP contribution is -2.24. The molecule has 1 aliphatic rings. The van der Waals surface area contributed by atoms with Crippen molar-refractivity contribution in [1.82, 2.24) is 9.88 Å². The van der Waals surface area contributed by atoms with Crippen molar-refractivity contribution in [2.45, 2.75) is 19.1 Å². The molecule has 1 atom stereocenters. The first-order chi connectivity index (χ1) is 10.7. The maximum atomic E-state index is 10.8. The zero-order valence-corrected chi connectivity index (χ0v) is 12.1. The highest BCUT2D eigenvalue weighted by Crippen LogP contribution is 2.20. The fourth-order valence-electron chi connectivity index (χ4n) is 2.67. The third kappa shape index (κ3) is 3.59. The number of nitrogens with zero attached hydrogens (tertiary/aromatic N) is 3. The van der Waals surface area contributed by atoms with Crippen molar-refractivity contribution in [1.29, 1.82) is 0 Å². The molecule has 3 rings (SSSR count). The molecule has 1 aliphatic heterocycles. The second-order valence-corrected chi connectivity index (χ2v) is 5.37. The van der Waals surface area contributed by atoms with E-state index in [9.17, 15) is 10.1 Å². The van der Waals surface area contributed by atoms with Crippen molar-refractivity contribution in [3.63, 3.8) is 0 Å².